The van der Waals surface area contributed by atoms with Crippen LogP contribution in [0.4, 0.5) is 0 Å². The van der Waals surface area contributed by atoms with Gasteiger partial charge in [0, 0.05) is 0 Å². The summed E-state index contributed by atoms with van der Waals surface area (Å²) in [7, 11) is 5.88. The van der Waals surface area contributed by atoms with Crippen molar-refractivity contribution in [3.05, 3.63) is 0 Å². The summed E-state index contributed by atoms with van der Waals surface area (Å²) in [6.07, 6.45) is 7.93. The van der Waals surface area contributed by atoms with Gasteiger partial charge in [-0.3, -0.25) is 0 Å². The Morgan fingerprint density at radius 2 is 1.69 bits per heavy atom. The summed E-state index contributed by atoms with van der Waals surface area (Å²) in [5, 5.41) is 0. The van der Waals surface area contributed by atoms with Crippen LogP contribution in [-0.2, 0) is 0 Å². The molecule has 0 aromatic rings. The van der Waals surface area contributed by atoms with Crippen LogP contribution in [-0.4, -0.2) is 12.3 Å². The van der Waals surface area contributed by atoms with Crippen molar-refractivity contribution in [3.63, 3.8) is 0 Å². The molecule has 0 aliphatic heterocycles. The Hall–Kier alpha value is 0.860. The third-order valence-corrected chi connectivity index (χ3v) is 4.86. The molecule has 3 atom stereocenters. The maximum atomic E-state index is 2.94. The van der Waals surface area contributed by atoms with Gasteiger partial charge in [-0.1, -0.05) is 33.6 Å². The minimum absolute atomic E-state index is 0.583. The molecule has 13 heavy (non-hydrogen) atoms. The predicted molar refractivity (Wildman–Crippen MR) is 70.6 cm³/mol. The smallest absolute Gasteiger partial charge is 0.0226 e. The molecule has 0 bridgehead atoms. The third-order valence-electron chi connectivity index (χ3n) is 3.12. The first kappa shape index (κ1) is 13.9. The van der Waals surface area contributed by atoms with Gasteiger partial charge < -0.3 is 0 Å². The molecule has 3 unspecified atom stereocenters. The lowest BCUT2D eigenvalue weighted by Crippen LogP contribution is -2.27. The first-order valence-electron chi connectivity index (χ1n) is 5.54. The van der Waals surface area contributed by atoms with Gasteiger partial charge in [0.25, 0.3) is 0 Å². The van der Waals surface area contributed by atoms with Crippen LogP contribution in [0.3, 0.4) is 0 Å². The van der Waals surface area contributed by atoms with Crippen LogP contribution in [0.15, 0.2) is 0 Å². The summed E-state index contributed by atoms with van der Waals surface area (Å²) in [5.41, 5.74) is 0.583. The monoisotopic (exact) mass is 220 g/mol. The topological polar surface area (TPSA) is 0 Å². The van der Waals surface area contributed by atoms with Crippen LogP contribution in [0.5, 0.6) is 0 Å². The highest BCUT2D eigenvalue weighted by atomic mass is 31.0. The summed E-state index contributed by atoms with van der Waals surface area (Å²) in [6.45, 7) is 6.98. The summed E-state index contributed by atoms with van der Waals surface area (Å²) in [4.78, 5) is 0. The van der Waals surface area contributed by atoms with E-state index in [1.54, 1.807) is 0 Å². The zero-order valence-electron chi connectivity index (χ0n) is 9.47. The van der Waals surface area contributed by atoms with Gasteiger partial charge in [0.2, 0.25) is 0 Å². The lowest BCUT2D eigenvalue weighted by molar-refractivity contribution is 0.264. The lowest BCUT2D eigenvalue weighted by atomic mass is 9.78. The van der Waals surface area contributed by atoms with Crippen LogP contribution in [0.2, 0.25) is 0 Å². The minimum atomic E-state index is 0.583. The van der Waals surface area contributed by atoms with Gasteiger partial charge in [-0.05, 0) is 36.5 Å². The molecule has 0 nitrogen and oxygen atoms in total. The zero-order chi connectivity index (χ0) is 10.3. The van der Waals surface area contributed by atoms with Crippen molar-refractivity contribution in [2.45, 2.75) is 46.5 Å². The van der Waals surface area contributed by atoms with E-state index in [1.807, 2.05) is 0 Å². The fourth-order valence-electron chi connectivity index (χ4n) is 1.97. The normalized spacial score (nSPS) is 14.5. The molecule has 0 heterocycles. The summed E-state index contributed by atoms with van der Waals surface area (Å²) < 4.78 is 0. The van der Waals surface area contributed by atoms with Gasteiger partial charge in [0.1, 0.15) is 0 Å². The fraction of sp³-hybridized carbons (Fsp3) is 1.00. The van der Waals surface area contributed by atoms with Gasteiger partial charge in [0.05, 0.1) is 0 Å². The molecule has 0 radical (unpaired) electrons. The van der Waals surface area contributed by atoms with Crippen molar-refractivity contribution < 1.29 is 0 Å². The second kappa shape index (κ2) is 7.19. The predicted octanol–water partition coefficient (Wildman–Crippen LogP) is 3.96. The average molecular weight is 220 g/mol. The Morgan fingerprint density at radius 1 is 1.15 bits per heavy atom. The molecule has 0 rings (SSSR count). The molecular formula is C11H26P2. The minimum Gasteiger partial charge on any atom is -0.137 e. The largest absolute Gasteiger partial charge is 0.137 e. The van der Waals surface area contributed by atoms with Crippen molar-refractivity contribution in [2.24, 2.45) is 11.3 Å². The molecule has 0 saturated heterocycles. The number of rotatable bonds is 7. The van der Waals surface area contributed by atoms with E-state index in [2.05, 4.69) is 39.3 Å². The molecule has 0 aliphatic carbocycles. The quantitative estimate of drug-likeness (QED) is 0.570. The highest BCUT2D eigenvalue weighted by Gasteiger charge is 2.26. The van der Waals surface area contributed by atoms with Crippen molar-refractivity contribution in [3.8, 4) is 0 Å². The molecule has 0 aliphatic rings. The van der Waals surface area contributed by atoms with Crippen LogP contribution < -0.4 is 0 Å². The van der Waals surface area contributed by atoms with E-state index in [9.17, 15) is 0 Å². The fourth-order valence-corrected chi connectivity index (χ4v) is 3.38. The standard InChI is InChI=1S/C11H26P2/c1-4-6-11(8-12,9-13)7-10(3)5-2/h10H,4-9,12-13H2,1-3H3. The first-order valence-corrected chi connectivity index (χ1v) is 7.17. The molecule has 0 amide bonds. The third kappa shape index (κ3) is 4.75. The number of hydrogen-bond donors (Lipinski definition) is 0. The molecule has 0 aromatic carbocycles. The molecule has 0 fully saturated rings. The van der Waals surface area contributed by atoms with Gasteiger partial charge in [-0.15, -0.1) is 18.5 Å². The summed E-state index contributed by atoms with van der Waals surface area (Å²) >= 11 is 0. The molecule has 0 aromatic heterocycles. The molecule has 2 heteroatoms. The Labute approximate surface area is 89.0 Å². The Balaban J connectivity index is 4.19. The molecule has 0 spiro atoms. The molecular weight excluding hydrogens is 194 g/mol. The van der Waals surface area contributed by atoms with E-state index < -0.39 is 0 Å². The highest BCUT2D eigenvalue weighted by molar-refractivity contribution is 7.17. The van der Waals surface area contributed by atoms with Gasteiger partial charge >= 0.3 is 0 Å². The van der Waals surface area contributed by atoms with Crippen LogP contribution in [0, 0.1) is 11.3 Å². The van der Waals surface area contributed by atoms with Crippen LogP contribution in [0.25, 0.3) is 0 Å². The van der Waals surface area contributed by atoms with Crippen molar-refractivity contribution in [2.75, 3.05) is 12.3 Å². The van der Waals surface area contributed by atoms with E-state index in [-0.39, 0.29) is 0 Å². The maximum Gasteiger partial charge on any atom is -0.0226 e. The van der Waals surface area contributed by atoms with Crippen molar-refractivity contribution >= 4 is 18.5 Å². The van der Waals surface area contributed by atoms with E-state index in [0.29, 0.717) is 5.41 Å². The SMILES string of the molecule is CCCC(CP)(CP)CC(C)CC. The average Bonchev–Trinajstić information content (AvgIpc) is 2.17. The first-order chi connectivity index (χ1) is 6.14. The summed E-state index contributed by atoms with van der Waals surface area (Å²) in [6, 6.07) is 0. The van der Waals surface area contributed by atoms with Crippen LogP contribution in [0.1, 0.15) is 46.5 Å². The second-order valence-electron chi connectivity index (χ2n) is 4.38. The Kier molecular flexibility index (Phi) is 7.67. The van der Waals surface area contributed by atoms with Crippen molar-refractivity contribution in [1.29, 1.82) is 0 Å². The van der Waals surface area contributed by atoms with E-state index in [4.69, 9.17) is 0 Å². The zero-order valence-corrected chi connectivity index (χ0v) is 11.8. The second-order valence-corrected chi connectivity index (χ2v) is 5.19. The van der Waals surface area contributed by atoms with Gasteiger partial charge in [0.15, 0.2) is 0 Å². The summed E-state index contributed by atoms with van der Waals surface area (Å²) in [5.74, 6) is 0.882. The molecule has 80 valence electrons. The maximum absolute atomic E-state index is 2.94. The lowest BCUT2D eigenvalue weighted by Gasteiger charge is -2.33. The van der Waals surface area contributed by atoms with Crippen molar-refractivity contribution in [1.82, 2.24) is 0 Å². The number of hydrogen-bond acceptors (Lipinski definition) is 0. The van der Waals surface area contributed by atoms with Crippen LogP contribution >= 0.6 is 18.5 Å². The van der Waals surface area contributed by atoms with Gasteiger partial charge in [-0.25, -0.2) is 0 Å². The van der Waals surface area contributed by atoms with E-state index in [1.165, 1.54) is 38.0 Å². The van der Waals surface area contributed by atoms with E-state index >= 15 is 0 Å². The molecule has 0 N–H and O–H groups in total. The highest BCUT2D eigenvalue weighted by Crippen LogP contribution is 2.36. The van der Waals surface area contributed by atoms with Gasteiger partial charge in [-0.2, -0.15) is 0 Å². The Bertz CT molecular complexity index is 119. The van der Waals surface area contributed by atoms with E-state index in [0.717, 1.165) is 5.92 Å². The Morgan fingerprint density at radius 3 is 2.00 bits per heavy atom. The molecule has 0 saturated carbocycles.